The third-order valence-electron chi connectivity index (χ3n) is 5.07. The number of methoxy groups -OCH3 is 1. The molecule has 4 rings (SSSR count). The van der Waals surface area contributed by atoms with Crippen LogP contribution in [0.2, 0.25) is 0 Å². The second kappa shape index (κ2) is 7.76. The molecule has 4 nitrogen and oxygen atoms in total. The van der Waals surface area contributed by atoms with Gasteiger partial charge in [-0.15, -0.1) is 0 Å². The van der Waals surface area contributed by atoms with Gasteiger partial charge in [-0.3, -0.25) is 0 Å². The van der Waals surface area contributed by atoms with Crippen molar-refractivity contribution in [3.05, 3.63) is 89.5 Å². The number of benzene rings is 3. The molecule has 0 saturated heterocycles. The predicted octanol–water partition coefficient (Wildman–Crippen LogP) is 4.99. The third kappa shape index (κ3) is 4.05. The lowest BCUT2D eigenvalue weighted by Gasteiger charge is -2.24. The monoisotopic (exact) mass is 406 g/mol. The number of ether oxygens (including phenoxy) is 2. The standard InChI is InChI=1S/C24H22O4S/c1-27-20-11-15-23-18(16-20)10-14-22(24(23)28-19-6-4-3-5-7-19)17-8-12-21(13-9-17)29(2,25)26/h3-9,11-13,15-16H,10,14H2,1-2H3. The first-order valence-electron chi connectivity index (χ1n) is 9.39. The lowest BCUT2D eigenvalue weighted by molar-refractivity contribution is 0.414. The lowest BCUT2D eigenvalue weighted by atomic mass is 9.87. The molecule has 0 heterocycles. The van der Waals surface area contributed by atoms with E-state index in [9.17, 15) is 8.42 Å². The van der Waals surface area contributed by atoms with Gasteiger partial charge in [0.2, 0.25) is 0 Å². The summed E-state index contributed by atoms with van der Waals surface area (Å²) in [5, 5.41) is 0. The van der Waals surface area contributed by atoms with Crippen LogP contribution in [0.3, 0.4) is 0 Å². The number of hydrogen-bond donors (Lipinski definition) is 0. The molecule has 0 bridgehead atoms. The largest absolute Gasteiger partial charge is 0.497 e. The second-order valence-corrected chi connectivity index (χ2v) is 9.06. The molecule has 0 radical (unpaired) electrons. The molecule has 148 valence electrons. The molecule has 3 aromatic rings. The van der Waals surface area contributed by atoms with Crippen molar-refractivity contribution < 1.29 is 17.9 Å². The van der Waals surface area contributed by atoms with Crippen molar-refractivity contribution in [2.75, 3.05) is 13.4 Å². The first-order valence-corrected chi connectivity index (χ1v) is 11.3. The topological polar surface area (TPSA) is 52.6 Å². The van der Waals surface area contributed by atoms with Crippen LogP contribution in [0.5, 0.6) is 11.5 Å². The van der Waals surface area contributed by atoms with Crippen LogP contribution in [0.1, 0.15) is 23.1 Å². The smallest absolute Gasteiger partial charge is 0.175 e. The van der Waals surface area contributed by atoms with Gasteiger partial charge in [0.05, 0.1) is 12.0 Å². The molecule has 0 N–H and O–H groups in total. The first-order chi connectivity index (χ1) is 14.0. The Morgan fingerprint density at radius 3 is 2.21 bits per heavy atom. The summed E-state index contributed by atoms with van der Waals surface area (Å²) in [7, 11) is -1.57. The summed E-state index contributed by atoms with van der Waals surface area (Å²) in [6, 6.07) is 22.7. The van der Waals surface area contributed by atoms with Gasteiger partial charge in [0.25, 0.3) is 0 Å². The van der Waals surface area contributed by atoms with E-state index in [4.69, 9.17) is 9.47 Å². The van der Waals surface area contributed by atoms with E-state index in [2.05, 4.69) is 0 Å². The van der Waals surface area contributed by atoms with Gasteiger partial charge in [-0.1, -0.05) is 30.3 Å². The highest BCUT2D eigenvalue weighted by Gasteiger charge is 2.23. The Morgan fingerprint density at radius 1 is 0.828 bits per heavy atom. The minimum absolute atomic E-state index is 0.313. The normalized spacial score (nSPS) is 13.7. The van der Waals surface area contributed by atoms with Crippen molar-refractivity contribution in [2.45, 2.75) is 17.7 Å². The van der Waals surface area contributed by atoms with Crippen LogP contribution < -0.4 is 9.47 Å². The van der Waals surface area contributed by atoms with Crippen molar-refractivity contribution >= 4 is 21.2 Å². The van der Waals surface area contributed by atoms with Gasteiger partial charge in [-0.2, -0.15) is 0 Å². The Morgan fingerprint density at radius 2 is 1.55 bits per heavy atom. The molecular weight excluding hydrogens is 384 g/mol. The Labute approximate surface area is 171 Å². The average molecular weight is 407 g/mol. The molecule has 0 spiro atoms. The molecule has 0 saturated carbocycles. The van der Waals surface area contributed by atoms with Crippen molar-refractivity contribution in [3.8, 4) is 11.5 Å². The van der Waals surface area contributed by atoms with Crippen LogP contribution in [0.15, 0.2) is 77.7 Å². The van der Waals surface area contributed by atoms with Crippen LogP contribution >= 0.6 is 0 Å². The summed E-state index contributed by atoms with van der Waals surface area (Å²) < 4.78 is 35.3. The van der Waals surface area contributed by atoms with Gasteiger partial charge in [0, 0.05) is 17.4 Å². The summed E-state index contributed by atoms with van der Waals surface area (Å²) in [5.41, 5.74) is 4.23. The lowest BCUT2D eigenvalue weighted by Crippen LogP contribution is -2.10. The molecule has 29 heavy (non-hydrogen) atoms. The van der Waals surface area contributed by atoms with E-state index in [1.54, 1.807) is 19.2 Å². The van der Waals surface area contributed by atoms with E-state index in [-0.39, 0.29) is 0 Å². The average Bonchev–Trinajstić information content (AvgIpc) is 2.74. The molecule has 0 amide bonds. The first kappa shape index (κ1) is 19.3. The SMILES string of the molecule is COc1ccc2c(c1)CCC(c1ccc(S(C)(=O)=O)cc1)=C2Oc1ccccc1. The number of rotatable bonds is 5. The van der Waals surface area contributed by atoms with Crippen molar-refractivity contribution in [2.24, 2.45) is 0 Å². The Bertz CT molecular complexity index is 1160. The second-order valence-electron chi connectivity index (χ2n) is 7.04. The molecule has 1 aliphatic rings. The molecule has 0 unspecified atom stereocenters. The highest BCUT2D eigenvalue weighted by molar-refractivity contribution is 7.90. The van der Waals surface area contributed by atoms with Gasteiger partial charge in [-0.25, -0.2) is 8.42 Å². The zero-order valence-corrected chi connectivity index (χ0v) is 17.2. The van der Waals surface area contributed by atoms with Crippen LogP contribution in [0.25, 0.3) is 11.3 Å². The van der Waals surface area contributed by atoms with E-state index in [0.29, 0.717) is 4.90 Å². The maximum absolute atomic E-state index is 11.8. The third-order valence-corrected chi connectivity index (χ3v) is 6.20. The fourth-order valence-electron chi connectivity index (χ4n) is 3.56. The summed E-state index contributed by atoms with van der Waals surface area (Å²) in [5.74, 6) is 2.38. The summed E-state index contributed by atoms with van der Waals surface area (Å²) in [6.45, 7) is 0. The number of aryl methyl sites for hydroxylation is 1. The fourth-order valence-corrected chi connectivity index (χ4v) is 4.19. The van der Waals surface area contributed by atoms with Gasteiger partial charge in [0.1, 0.15) is 17.3 Å². The number of para-hydroxylation sites is 1. The summed E-state index contributed by atoms with van der Waals surface area (Å²) in [6.07, 6.45) is 2.87. The van der Waals surface area contributed by atoms with Crippen LogP contribution in [-0.4, -0.2) is 21.8 Å². The number of hydrogen-bond acceptors (Lipinski definition) is 4. The van der Waals surface area contributed by atoms with E-state index in [1.807, 2.05) is 60.7 Å². The quantitative estimate of drug-likeness (QED) is 0.599. The van der Waals surface area contributed by atoms with Crippen molar-refractivity contribution in [3.63, 3.8) is 0 Å². The Balaban J connectivity index is 1.84. The van der Waals surface area contributed by atoms with Gasteiger partial charge >= 0.3 is 0 Å². The number of sulfone groups is 1. The summed E-state index contributed by atoms with van der Waals surface area (Å²) >= 11 is 0. The number of fused-ring (bicyclic) bond motifs is 1. The van der Waals surface area contributed by atoms with E-state index >= 15 is 0 Å². The van der Waals surface area contributed by atoms with Gasteiger partial charge in [-0.05, 0) is 66.4 Å². The highest BCUT2D eigenvalue weighted by atomic mass is 32.2. The predicted molar refractivity (Wildman–Crippen MR) is 115 cm³/mol. The van der Waals surface area contributed by atoms with Crippen molar-refractivity contribution in [1.82, 2.24) is 0 Å². The molecular formula is C24H22O4S. The minimum Gasteiger partial charge on any atom is -0.497 e. The fraction of sp³-hybridized carbons (Fsp3) is 0.167. The zero-order valence-electron chi connectivity index (χ0n) is 16.4. The molecule has 0 atom stereocenters. The number of allylic oxidation sites excluding steroid dienone is 1. The highest BCUT2D eigenvalue weighted by Crippen LogP contribution is 2.39. The molecule has 0 aromatic heterocycles. The molecule has 3 aromatic carbocycles. The molecule has 0 aliphatic heterocycles. The van der Waals surface area contributed by atoms with Gasteiger partial charge < -0.3 is 9.47 Å². The molecule has 0 fully saturated rings. The maximum atomic E-state index is 11.8. The van der Waals surface area contributed by atoms with E-state index in [1.165, 1.54) is 11.8 Å². The Kier molecular flexibility index (Phi) is 5.16. The van der Waals surface area contributed by atoms with Crippen LogP contribution in [0.4, 0.5) is 0 Å². The molecule has 5 heteroatoms. The zero-order chi connectivity index (χ0) is 20.4. The molecule has 1 aliphatic carbocycles. The Hall–Kier alpha value is -3.05. The van der Waals surface area contributed by atoms with E-state index < -0.39 is 9.84 Å². The minimum atomic E-state index is -3.23. The van der Waals surface area contributed by atoms with Gasteiger partial charge in [0.15, 0.2) is 9.84 Å². The van der Waals surface area contributed by atoms with Crippen LogP contribution in [-0.2, 0) is 16.3 Å². The maximum Gasteiger partial charge on any atom is 0.175 e. The van der Waals surface area contributed by atoms with Crippen molar-refractivity contribution in [1.29, 1.82) is 0 Å². The van der Waals surface area contributed by atoms with Crippen LogP contribution in [0, 0.1) is 0 Å². The summed E-state index contributed by atoms with van der Waals surface area (Å²) in [4.78, 5) is 0.313. The van der Waals surface area contributed by atoms with E-state index in [0.717, 1.165) is 46.8 Å².